The van der Waals surface area contributed by atoms with E-state index in [2.05, 4.69) is 58.1 Å². The first-order valence-electron chi connectivity index (χ1n) is 10.4. The van der Waals surface area contributed by atoms with E-state index in [4.69, 9.17) is 5.41 Å². The molecule has 0 fully saturated rings. The van der Waals surface area contributed by atoms with Crippen LogP contribution in [-0.4, -0.2) is 39.7 Å². The number of carbonyl (C=O) groups excluding carboxylic acids is 1. The standard InChI is InChI=1S/C24H31N5O/c1-17-10-12-29(22-9-8-18(14-20(17)22)19(15-25)16-26-2)23-7-4-6-21(27-3)24(23)28-11-5-13-30/h4,6-9,13-17,25-28H,5,10-12H2,1-3H3/b19-16+,25-15?/t17-/m0/s1. The minimum Gasteiger partial charge on any atom is -0.393 e. The molecule has 1 aliphatic heterocycles. The molecule has 2 aromatic rings. The van der Waals surface area contributed by atoms with Crippen LogP contribution in [0.15, 0.2) is 42.6 Å². The summed E-state index contributed by atoms with van der Waals surface area (Å²) in [5.41, 5.74) is 7.51. The molecule has 4 N–H and O–H groups in total. The van der Waals surface area contributed by atoms with Gasteiger partial charge in [0.05, 0.1) is 17.1 Å². The summed E-state index contributed by atoms with van der Waals surface area (Å²) in [6.45, 7) is 3.79. The Labute approximate surface area is 178 Å². The molecule has 0 bridgehead atoms. The molecule has 1 heterocycles. The predicted molar refractivity (Wildman–Crippen MR) is 127 cm³/mol. The number of hydrogen-bond donors (Lipinski definition) is 4. The summed E-state index contributed by atoms with van der Waals surface area (Å²) in [5, 5.41) is 17.5. The number of benzene rings is 2. The van der Waals surface area contributed by atoms with Crippen LogP contribution in [0, 0.1) is 5.41 Å². The van der Waals surface area contributed by atoms with Crippen molar-refractivity contribution in [1.82, 2.24) is 5.32 Å². The van der Waals surface area contributed by atoms with E-state index >= 15 is 0 Å². The Balaban J connectivity index is 2.06. The Morgan fingerprint density at radius 2 is 2.07 bits per heavy atom. The largest absolute Gasteiger partial charge is 0.393 e. The van der Waals surface area contributed by atoms with Gasteiger partial charge in [-0.1, -0.05) is 19.1 Å². The maximum absolute atomic E-state index is 10.8. The van der Waals surface area contributed by atoms with Gasteiger partial charge < -0.3 is 31.1 Å². The highest BCUT2D eigenvalue weighted by atomic mass is 16.1. The van der Waals surface area contributed by atoms with Crippen molar-refractivity contribution in [2.24, 2.45) is 0 Å². The summed E-state index contributed by atoms with van der Waals surface area (Å²) in [6, 6.07) is 12.7. The zero-order chi connectivity index (χ0) is 21.5. The Morgan fingerprint density at radius 3 is 2.77 bits per heavy atom. The first-order valence-corrected chi connectivity index (χ1v) is 10.4. The van der Waals surface area contributed by atoms with E-state index in [1.54, 1.807) is 0 Å². The van der Waals surface area contributed by atoms with Crippen molar-refractivity contribution in [3.63, 3.8) is 0 Å². The molecule has 6 heteroatoms. The minimum atomic E-state index is 0.441. The second kappa shape index (κ2) is 9.96. The number of carbonyl (C=O) groups is 1. The molecule has 1 atom stereocenters. The molecule has 30 heavy (non-hydrogen) atoms. The van der Waals surface area contributed by atoms with Gasteiger partial charge in [-0.15, -0.1) is 0 Å². The van der Waals surface area contributed by atoms with Crippen molar-refractivity contribution in [2.75, 3.05) is 42.7 Å². The number of para-hydroxylation sites is 1. The average molecular weight is 406 g/mol. The zero-order valence-electron chi connectivity index (χ0n) is 18.0. The zero-order valence-corrected chi connectivity index (χ0v) is 18.0. The first kappa shape index (κ1) is 21.4. The Bertz CT molecular complexity index is 937. The maximum atomic E-state index is 10.8. The van der Waals surface area contributed by atoms with Crippen LogP contribution in [0.2, 0.25) is 0 Å². The third kappa shape index (κ3) is 4.32. The number of nitrogens with one attached hydrogen (secondary N) is 4. The molecule has 0 aliphatic carbocycles. The number of nitrogens with zero attached hydrogens (tertiary/aromatic N) is 1. The van der Waals surface area contributed by atoms with Gasteiger partial charge in [-0.05, 0) is 47.7 Å². The summed E-state index contributed by atoms with van der Waals surface area (Å²) < 4.78 is 0. The van der Waals surface area contributed by atoms with Gasteiger partial charge in [0.25, 0.3) is 0 Å². The molecule has 158 valence electrons. The highest BCUT2D eigenvalue weighted by molar-refractivity contribution is 6.08. The van der Waals surface area contributed by atoms with Crippen LogP contribution < -0.4 is 20.9 Å². The average Bonchev–Trinajstić information content (AvgIpc) is 2.78. The molecule has 0 unspecified atom stereocenters. The molecular formula is C24H31N5O. The molecule has 6 nitrogen and oxygen atoms in total. The van der Waals surface area contributed by atoms with Gasteiger partial charge in [0, 0.05) is 57.3 Å². The molecule has 0 amide bonds. The van der Waals surface area contributed by atoms with E-state index in [-0.39, 0.29) is 0 Å². The Hall–Kier alpha value is -3.28. The number of aldehydes is 1. The van der Waals surface area contributed by atoms with Gasteiger partial charge in [-0.25, -0.2) is 0 Å². The topological polar surface area (TPSA) is 80.2 Å². The maximum Gasteiger partial charge on any atom is 0.121 e. The number of fused-ring (bicyclic) bond motifs is 1. The Morgan fingerprint density at radius 1 is 1.23 bits per heavy atom. The van der Waals surface area contributed by atoms with E-state index in [1.807, 2.05) is 26.4 Å². The summed E-state index contributed by atoms with van der Waals surface area (Å²) in [7, 11) is 3.76. The van der Waals surface area contributed by atoms with Crippen molar-refractivity contribution in [3.8, 4) is 0 Å². The van der Waals surface area contributed by atoms with E-state index in [0.717, 1.165) is 47.5 Å². The molecule has 0 spiro atoms. The summed E-state index contributed by atoms with van der Waals surface area (Å²) in [5.74, 6) is 0.441. The quantitative estimate of drug-likeness (QED) is 0.279. The van der Waals surface area contributed by atoms with Crippen molar-refractivity contribution < 1.29 is 4.79 Å². The summed E-state index contributed by atoms with van der Waals surface area (Å²) in [6.07, 6.45) is 5.69. The molecular weight excluding hydrogens is 374 g/mol. The lowest BCUT2D eigenvalue weighted by Crippen LogP contribution is -2.27. The van der Waals surface area contributed by atoms with Crippen LogP contribution in [-0.2, 0) is 4.79 Å². The summed E-state index contributed by atoms with van der Waals surface area (Å²) >= 11 is 0. The van der Waals surface area contributed by atoms with Crippen LogP contribution in [0.5, 0.6) is 0 Å². The predicted octanol–water partition coefficient (Wildman–Crippen LogP) is 4.58. The normalized spacial score (nSPS) is 15.9. The lowest BCUT2D eigenvalue weighted by Gasteiger charge is -2.36. The van der Waals surface area contributed by atoms with Crippen molar-refractivity contribution in [2.45, 2.75) is 25.7 Å². The highest BCUT2D eigenvalue weighted by Crippen LogP contribution is 2.44. The van der Waals surface area contributed by atoms with Gasteiger partial charge in [0.15, 0.2) is 0 Å². The van der Waals surface area contributed by atoms with Crippen molar-refractivity contribution >= 4 is 40.8 Å². The number of rotatable bonds is 9. The molecule has 0 radical (unpaired) electrons. The molecule has 3 rings (SSSR count). The lowest BCUT2D eigenvalue weighted by molar-refractivity contribution is -0.107. The van der Waals surface area contributed by atoms with Crippen LogP contribution in [0.1, 0.15) is 36.8 Å². The van der Waals surface area contributed by atoms with E-state index in [1.165, 1.54) is 17.5 Å². The number of anilines is 4. The smallest absolute Gasteiger partial charge is 0.121 e. The third-order valence-electron chi connectivity index (χ3n) is 5.59. The minimum absolute atomic E-state index is 0.441. The molecule has 2 aromatic carbocycles. The molecule has 0 saturated carbocycles. The van der Waals surface area contributed by atoms with E-state index in [0.29, 0.717) is 18.9 Å². The monoisotopic (exact) mass is 405 g/mol. The third-order valence-corrected chi connectivity index (χ3v) is 5.59. The summed E-state index contributed by atoms with van der Waals surface area (Å²) in [4.78, 5) is 13.2. The number of hydrogen-bond acceptors (Lipinski definition) is 6. The lowest BCUT2D eigenvalue weighted by atomic mass is 9.88. The molecule has 1 aliphatic rings. The molecule has 0 saturated heterocycles. The van der Waals surface area contributed by atoms with E-state index in [9.17, 15) is 4.79 Å². The fourth-order valence-electron chi connectivity index (χ4n) is 4.00. The van der Waals surface area contributed by atoms with Gasteiger partial charge in [0.1, 0.15) is 6.29 Å². The van der Waals surface area contributed by atoms with Gasteiger partial charge in [0.2, 0.25) is 0 Å². The second-order valence-electron chi connectivity index (χ2n) is 7.48. The molecule has 0 aromatic heterocycles. The fraction of sp³-hybridized carbons (Fsp3) is 0.333. The SMILES string of the molecule is CN/C=C(\C=N)c1ccc2c(c1)[C@@H](C)CCN2c1cccc(NC)c1NCCC=O. The van der Waals surface area contributed by atoms with Gasteiger partial charge in [-0.2, -0.15) is 0 Å². The van der Waals surface area contributed by atoms with Crippen LogP contribution in [0.3, 0.4) is 0 Å². The van der Waals surface area contributed by atoms with Gasteiger partial charge in [-0.3, -0.25) is 0 Å². The van der Waals surface area contributed by atoms with Gasteiger partial charge >= 0.3 is 0 Å². The second-order valence-corrected chi connectivity index (χ2v) is 7.48. The van der Waals surface area contributed by atoms with Crippen LogP contribution in [0.25, 0.3) is 5.57 Å². The Kier molecular flexibility index (Phi) is 7.12. The van der Waals surface area contributed by atoms with Crippen LogP contribution in [0.4, 0.5) is 22.7 Å². The van der Waals surface area contributed by atoms with Crippen molar-refractivity contribution in [1.29, 1.82) is 5.41 Å². The number of allylic oxidation sites excluding steroid dienone is 1. The van der Waals surface area contributed by atoms with E-state index < -0.39 is 0 Å². The van der Waals surface area contributed by atoms with Crippen molar-refractivity contribution in [3.05, 3.63) is 53.7 Å². The fourth-order valence-corrected chi connectivity index (χ4v) is 4.00. The van der Waals surface area contributed by atoms with Crippen LogP contribution >= 0.6 is 0 Å². The highest BCUT2D eigenvalue weighted by Gasteiger charge is 2.26. The first-order chi connectivity index (χ1) is 14.6.